The van der Waals surface area contributed by atoms with Crippen LogP contribution in [0.15, 0.2) is 36.1 Å². The largest absolute Gasteiger partial charge is 0.493 e. The maximum Gasteiger partial charge on any atom is 0.231 e. The van der Waals surface area contributed by atoms with E-state index in [-0.39, 0.29) is 17.6 Å². The molecule has 0 aliphatic carbocycles. The zero-order valence-corrected chi connectivity index (χ0v) is 17.7. The van der Waals surface area contributed by atoms with Crippen LogP contribution in [0.4, 0.5) is 0 Å². The lowest BCUT2D eigenvalue weighted by molar-refractivity contribution is 0.0274. The second-order valence-corrected chi connectivity index (χ2v) is 7.89. The van der Waals surface area contributed by atoms with Crippen molar-refractivity contribution in [1.29, 1.82) is 0 Å². The summed E-state index contributed by atoms with van der Waals surface area (Å²) in [5.74, 6) is 2.73. The Morgan fingerprint density at radius 2 is 2.03 bits per heavy atom. The van der Waals surface area contributed by atoms with Gasteiger partial charge in [-0.2, -0.15) is 0 Å². The zero-order chi connectivity index (χ0) is 21.4. The second-order valence-electron chi connectivity index (χ2n) is 7.89. The molecule has 0 N–H and O–H groups in total. The van der Waals surface area contributed by atoms with Gasteiger partial charge in [0, 0.05) is 19.7 Å². The third-order valence-electron chi connectivity index (χ3n) is 5.87. The minimum atomic E-state index is -0.135. The maximum atomic E-state index is 13.0. The van der Waals surface area contributed by atoms with Gasteiger partial charge in [-0.15, -0.1) is 0 Å². The van der Waals surface area contributed by atoms with Crippen LogP contribution in [0.2, 0.25) is 0 Å². The van der Waals surface area contributed by atoms with Crippen molar-refractivity contribution in [3.8, 4) is 23.0 Å². The number of carbonyl (C=O) groups is 1. The van der Waals surface area contributed by atoms with Gasteiger partial charge in [-0.05, 0) is 48.7 Å². The highest BCUT2D eigenvalue weighted by atomic mass is 16.5. The molecule has 0 unspecified atom stereocenters. The minimum absolute atomic E-state index is 0.135. The Kier molecular flexibility index (Phi) is 5.29. The summed E-state index contributed by atoms with van der Waals surface area (Å²) in [4.78, 5) is 15.2. The van der Waals surface area contributed by atoms with Crippen LogP contribution in [0.5, 0.6) is 23.0 Å². The summed E-state index contributed by atoms with van der Waals surface area (Å²) in [6.07, 6.45) is 4.14. The van der Waals surface area contributed by atoms with Crippen LogP contribution in [-0.2, 0) is 11.3 Å². The summed E-state index contributed by atoms with van der Waals surface area (Å²) in [5, 5.41) is 0. The molecule has 0 radical (unpaired) electrons. The number of benzene rings is 2. The number of rotatable bonds is 5. The predicted octanol–water partition coefficient (Wildman–Crippen LogP) is 3.65. The molecule has 3 aliphatic heterocycles. The summed E-state index contributed by atoms with van der Waals surface area (Å²) in [7, 11) is 3.17. The van der Waals surface area contributed by atoms with Crippen LogP contribution in [-0.4, -0.2) is 50.9 Å². The highest BCUT2D eigenvalue weighted by Gasteiger charge is 2.34. The molecule has 2 aromatic rings. The molecule has 7 nitrogen and oxygen atoms in total. The van der Waals surface area contributed by atoms with Crippen molar-refractivity contribution in [1.82, 2.24) is 4.90 Å². The first-order valence-electron chi connectivity index (χ1n) is 10.4. The van der Waals surface area contributed by atoms with Crippen molar-refractivity contribution in [2.24, 2.45) is 0 Å². The molecule has 0 saturated carbocycles. The quantitative estimate of drug-likeness (QED) is 0.680. The average molecular weight is 423 g/mol. The first kappa shape index (κ1) is 19.9. The normalized spacial score (nSPS) is 21.4. The van der Waals surface area contributed by atoms with E-state index in [2.05, 4.69) is 4.90 Å². The van der Waals surface area contributed by atoms with E-state index in [0.29, 0.717) is 36.1 Å². The standard InChI is InChI=1S/C24H25NO6/c1-27-20-7-5-15(10-21(20)28-2)11-22-23(26)17-6-8-19-18(24(17)31-22)13-25(14-30-19)12-16-4-3-9-29-16/h5-8,10-11,16H,3-4,9,12-14H2,1-2H3/b22-11-/t16-/m0/s1. The molecule has 31 heavy (non-hydrogen) atoms. The van der Waals surface area contributed by atoms with Crippen molar-refractivity contribution >= 4 is 11.9 Å². The number of nitrogens with zero attached hydrogens (tertiary/aromatic N) is 1. The van der Waals surface area contributed by atoms with E-state index in [4.69, 9.17) is 23.7 Å². The van der Waals surface area contributed by atoms with Crippen LogP contribution < -0.4 is 18.9 Å². The van der Waals surface area contributed by atoms with Gasteiger partial charge in [0.25, 0.3) is 0 Å². The van der Waals surface area contributed by atoms with E-state index in [9.17, 15) is 4.79 Å². The highest BCUT2D eigenvalue weighted by Crippen LogP contribution is 2.42. The van der Waals surface area contributed by atoms with E-state index in [1.54, 1.807) is 32.4 Å². The number of ether oxygens (including phenoxy) is 5. The van der Waals surface area contributed by atoms with Crippen molar-refractivity contribution in [2.75, 3.05) is 34.1 Å². The lowest BCUT2D eigenvalue weighted by Gasteiger charge is -2.31. The Bertz CT molecular complexity index is 1040. The number of allylic oxidation sites excluding steroid dienone is 1. The van der Waals surface area contributed by atoms with Crippen molar-refractivity contribution in [3.05, 3.63) is 52.8 Å². The van der Waals surface area contributed by atoms with Gasteiger partial charge >= 0.3 is 0 Å². The molecule has 3 heterocycles. The molecular formula is C24H25NO6. The van der Waals surface area contributed by atoms with Crippen LogP contribution in [0.25, 0.3) is 6.08 Å². The molecular weight excluding hydrogens is 398 g/mol. The van der Waals surface area contributed by atoms with E-state index in [1.807, 2.05) is 18.2 Å². The fourth-order valence-corrected chi connectivity index (χ4v) is 4.29. The van der Waals surface area contributed by atoms with Gasteiger partial charge in [0.2, 0.25) is 5.78 Å². The molecule has 1 saturated heterocycles. The smallest absolute Gasteiger partial charge is 0.231 e. The predicted molar refractivity (Wildman–Crippen MR) is 114 cm³/mol. The highest BCUT2D eigenvalue weighted by molar-refractivity contribution is 6.15. The Hall–Kier alpha value is -3.03. The molecule has 1 fully saturated rings. The van der Waals surface area contributed by atoms with Gasteiger partial charge in [0.05, 0.1) is 31.5 Å². The Balaban J connectivity index is 1.40. The van der Waals surface area contributed by atoms with Gasteiger partial charge in [0.15, 0.2) is 17.3 Å². The minimum Gasteiger partial charge on any atom is -0.493 e. The first-order valence-corrected chi connectivity index (χ1v) is 10.4. The van der Waals surface area contributed by atoms with Crippen molar-refractivity contribution in [2.45, 2.75) is 25.5 Å². The number of methoxy groups -OCH3 is 2. The molecule has 1 atom stereocenters. The fourth-order valence-electron chi connectivity index (χ4n) is 4.29. The summed E-state index contributed by atoms with van der Waals surface area (Å²) in [6, 6.07) is 9.11. The lowest BCUT2D eigenvalue weighted by atomic mass is 10.0. The van der Waals surface area contributed by atoms with Gasteiger partial charge < -0.3 is 23.7 Å². The molecule has 0 amide bonds. The average Bonchev–Trinajstić information content (AvgIpc) is 3.42. The summed E-state index contributed by atoms with van der Waals surface area (Å²) >= 11 is 0. The van der Waals surface area contributed by atoms with E-state index in [0.717, 1.165) is 42.9 Å². The molecule has 2 aromatic carbocycles. The number of ketones is 1. The Morgan fingerprint density at radius 1 is 1.16 bits per heavy atom. The maximum absolute atomic E-state index is 13.0. The summed E-state index contributed by atoms with van der Waals surface area (Å²) in [6.45, 7) is 2.81. The van der Waals surface area contributed by atoms with Gasteiger partial charge in [-0.25, -0.2) is 0 Å². The number of carbonyl (C=O) groups excluding carboxylic acids is 1. The third-order valence-corrected chi connectivity index (χ3v) is 5.87. The Morgan fingerprint density at radius 3 is 2.81 bits per heavy atom. The van der Waals surface area contributed by atoms with E-state index < -0.39 is 0 Å². The number of Topliss-reactive ketones (excluding diaryl/α,β-unsaturated/α-hetero) is 1. The molecule has 162 valence electrons. The number of fused-ring (bicyclic) bond motifs is 3. The van der Waals surface area contributed by atoms with Crippen molar-refractivity contribution < 1.29 is 28.5 Å². The van der Waals surface area contributed by atoms with Crippen LogP contribution in [0.3, 0.4) is 0 Å². The van der Waals surface area contributed by atoms with Crippen molar-refractivity contribution in [3.63, 3.8) is 0 Å². The fraction of sp³-hybridized carbons (Fsp3) is 0.375. The van der Waals surface area contributed by atoms with Crippen LogP contribution >= 0.6 is 0 Å². The first-order chi connectivity index (χ1) is 15.2. The number of hydrogen-bond donors (Lipinski definition) is 0. The summed E-state index contributed by atoms with van der Waals surface area (Å²) < 4.78 is 28.4. The molecule has 0 aromatic heterocycles. The molecule has 5 rings (SSSR count). The van der Waals surface area contributed by atoms with Gasteiger partial charge in [-0.1, -0.05) is 6.07 Å². The lowest BCUT2D eigenvalue weighted by Crippen LogP contribution is -2.37. The molecule has 0 bridgehead atoms. The van der Waals surface area contributed by atoms with E-state index in [1.165, 1.54) is 0 Å². The Labute approximate surface area is 181 Å². The second kappa shape index (κ2) is 8.24. The summed E-state index contributed by atoms with van der Waals surface area (Å²) in [5.41, 5.74) is 2.26. The topological polar surface area (TPSA) is 66.5 Å². The zero-order valence-electron chi connectivity index (χ0n) is 17.7. The molecule has 3 aliphatic rings. The third kappa shape index (κ3) is 3.75. The number of hydrogen-bond acceptors (Lipinski definition) is 7. The van der Waals surface area contributed by atoms with Crippen LogP contribution in [0.1, 0.15) is 34.3 Å². The monoisotopic (exact) mass is 423 g/mol. The molecule has 7 heteroatoms. The SMILES string of the molecule is COc1ccc(/C=C2\Oc3c(ccc4c3CN(C[C@@H]3CCCO3)CO4)C2=O)cc1OC. The molecule has 0 spiro atoms. The van der Waals surface area contributed by atoms with Gasteiger partial charge in [-0.3, -0.25) is 9.69 Å². The van der Waals surface area contributed by atoms with E-state index >= 15 is 0 Å². The van der Waals surface area contributed by atoms with Gasteiger partial charge in [0.1, 0.15) is 18.2 Å². The van der Waals surface area contributed by atoms with Crippen LogP contribution in [0, 0.1) is 0 Å².